The van der Waals surface area contributed by atoms with Gasteiger partial charge in [-0.05, 0) is 37.0 Å². The minimum absolute atomic E-state index is 0.307. The predicted octanol–water partition coefficient (Wildman–Crippen LogP) is 3.66. The van der Waals surface area contributed by atoms with E-state index in [1.54, 1.807) is 12.1 Å². The molecule has 1 aliphatic carbocycles. The predicted molar refractivity (Wildman–Crippen MR) is 78.1 cm³/mol. The Morgan fingerprint density at radius 1 is 1.45 bits per heavy atom. The summed E-state index contributed by atoms with van der Waals surface area (Å²) in [5.74, 6) is 1.26. The van der Waals surface area contributed by atoms with Crippen LogP contribution in [0.25, 0.3) is 11.0 Å². The number of nitrogens with zero attached hydrogens (tertiary/aromatic N) is 2. The second-order valence-corrected chi connectivity index (χ2v) is 6.04. The van der Waals surface area contributed by atoms with Gasteiger partial charge in [-0.2, -0.15) is 0 Å². The Morgan fingerprint density at radius 2 is 2.20 bits per heavy atom. The monoisotopic (exact) mass is 272 g/mol. The summed E-state index contributed by atoms with van der Waals surface area (Å²) in [5.41, 5.74) is 2.17. The van der Waals surface area contributed by atoms with Crippen LogP contribution in [0.1, 0.15) is 55.2 Å². The number of carboxylic acid groups (broad SMARTS) is 1. The molecule has 0 radical (unpaired) electrons. The van der Waals surface area contributed by atoms with Crippen molar-refractivity contribution in [2.24, 2.45) is 5.92 Å². The van der Waals surface area contributed by atoms with Crippen molar-refractivity contribution in [2.75, 3.05) is 0 Å². The zero-order valence-electron chi connectivity index (χ0n) is 12.0. The second-order valence-electron chi connectivity index (χ2n) is 6.04. The molecular formula is C16H20N2O2. The van der Waals surface area contributed by atoms with Crippen molar-refractivity contribution in [3.05, 3.63) is 29.6 Å². The molecule has 1 aliphatic rings. The summed E-state index contributed by atoms with van der Waals surface area (Å²) in [7, 11) is 0. The number of aromatic nitrogens is 2. The highest BCUT2D eigenvalue weighted by molar-refractivity contribution is 5.92. The lowest BCUT2D eigenvalue weighted by Crippen LogP contribution is -2.19. The quantitative estimate of drug-likeness (QED) is 0.924. The number of rotatable bonds is 4. The van der Waals surface area contributed by atoms with Crippen LogP contribution in [0.15, 0.2) is 18.2 Å². The van der Waals surface area contributed by atoms with Crippen molar-refractivity contribution in [1.29, 1.82) is 0 Å². The van der Waals surface area contributed by atoms with Gasteiger partial charge < -0.3 is 9.67 Å². The maximum absolute atomic E-state index is 11.1. The van der Waals surface area contributed by atoms with E-state index in [9.17, 15) is 4.79 Å². The highest BCUT2D eigenvalue weighted by atomic mass is 16.4. The van der Waals surface area contributed by atoms with E-state index < -0.39 is 5.97 Å². The van der Waals surface area contributed by atoms with Crippen LogP contribution in [-0.2, 0) is 6.54 Å². The first-order valence-corrected chi connectivity index (χ1v) is 7.29. The number of carbonyl (C=O) groups is 1. The van der Waals surface area contributed by atoms with Crippen molar-refractivity contribution in [3.63, 3.8) is 0 Å². The van der Waals surface area contributed by atoms with Crippen LogP contribution in [-0.4, -0.2) is 20.6 Å². The minimum Gasteiger partial charge on any atom is -0.478 e. The van der Waals surface area contributed by atoms with Crippen molar-refractivity contribution in [2.45, 2.75) is 45.6 Å². The topological polar surface area (TPSA) is 55.1 Å². The van der Waals surface area contributed by atoms with Crippen LogP contribution >= 0.6 is 0 Å². The summed E-state index contributed by atoms with van der Waals surface area (Å²) >= 11 is 0. The fraction of sp³-hybridized carbons (Fsp3) is 0.500. The molecule has 4 heteroatoms. The molecule has 1 aromatic heterocycles. The average molecular weight is 272 g/mol. The van der Waals surface area contributed by atoms with E-state index in [1.165, 1.54) is 19.3 Å². The summed E-state index contributed by atoms with van der Waals surface area (Å²) in [6.45, 7) is 5.28. The minimum atomic E-state index is -0.897. The normalized spacial score (nSPS) is 15.8. The van der Waals surface area contributed by atoms with E-state index in [1.807, 2.05) is 6.07 Å². The average Bonchev–Trinajstić information content (AvgIpc) is 2.71. The molecule has 0 unspecified atom stereocenters. The number of fused-ring (bicyclic) bond motifs is 1. The standard InChI is InChI=1S/C16H20N2O2/c1-10(2)15-17-13-8-12(16(19)20)6-7-14(13)18(15)9-11-4-3-5-11/h6-8,10-11H,3-5,9H2,1-2H3,(H,19,20). The summed E-state index contributed by atoms with van der Waals surface area (Å²) in [6.07, 6.45) is 3.92. The molecule has 106 valence electrons. The summed E-state index contributed by atoms with van der Waals surface area (Å²) < 4.78 is 2.29. The highest BCUT2D eigenvalue weighted by Gasteiger charge is 2.22. The Labute approximate surface area is 118 Å². The highest BCUT2D eigenvalue weighted by Crippen LogP contribution is 2.31. The van der Waals surface area contributed by atoms with E-state index in [0.29, 0.717) is 11.5 Å². The van der Waals surface area contributed by atoms with Gasteiger partial charge >= 0.3 is 5.97 Å². The molecule has 0 amide bonds. The fourth-order valence-corrected chi connectivity index (χ4v) is 2.85. The zero-order valence-corrected chi connectivity index (χ0v) is 12.0. The number of imidazole rings is 1. The van der Waals surface area contributed by atoms with Gasteiger partial charge in [0, 0.05) is 12.5 Å². The Morgan fingerprint density at radius 3 is 2.75 bits per heavy atom. The third-order valence-corrected chi connectivity index (χ3v) is 4.21. The molecule has 0 aliphatic heterocycles. The van der Waals surface area contributed by atoms with Gasteiger partial charge in [0.1, 0.15) is 5.82 Å². The van der Waals surface area contributed by atoms with Gasteiger partial charge in [0.05, 0.1) is 16.6 Å². The maximum Gasteiger partial charge on any atom is 0.335 e. The molecule has 0 spiro atoms. The van der Waals surface area contributed by atoms with Gasteiger partial charge in [0.15, 0.2) is 0 Å². The number of hydrogen-bond donors (Lipinski definition) is 1. The molecule has 2 aromatic rings. The molecule has 1 heterocycles. The summed E-state index contributed by atoms with van der Waals surface area (Å²) in [4.78, 5) is 15.7. The zero-order chi connectivity index (χ0) is 14.3. The van der Waals surface area contributed by atoms with Crippen LogP contribution in [0.3, 0.4) is 0 Å². The van der Waals surface area contributed by atoms with Crippen molar-refractivity contribution >= 4 is 17.0 Å². The Bertz CT molecular complexity index is 654. The van der Waals surface area contributed by atoms with Gasteiger partial charge in [-0.1, -0.05) is 20.3 Å². The maximum atomic E-state index is 11.1. The fourth-order valence-electron chi connectivity index (χ4n) is 2.85. The number of aromatic carboxylic acids is 1. The van der Waals surface area contributed by atoms with E-state index in [4.69, 9.17) is 5.11 Å². The van der Waals surface area contributed by atoms with E-state index in [0.717, 1.165) is 29.3 Å². The molecular weight excluding hydrogens is 252 g/mol. The first-order chi connectivity index (χ1) is 9.56. The number of carboxylic acids is 1. The molecule has 0 atom stereocenters. The number of hydrogen-bond acceptors (Lipinski definition) is 2. The molecule has 3 rings (SSSR count). The van der Waals surface area contributed by atoms with Crippen LogP contribution < -0.4 is 0 Å². The molecule has 1 fully saturated rings. The smallest absolute Gasteiger partial charge is 0.335 e. The van der Waals surface area contributed by atoms with E-state index >= 15 is 0 Å². The molecule has 1 saturated carbocycles. The molecule has 4 nitrogen and oxygen atoms in total. The van der Waals surface area contributed by atoms with Gasteiger partial charge in [-0.15, -0.1) is 0 Å². The lowest BCUT2D eigenvalue weighted by atomic mass is 9.85. The van der Waals surface area contributed by atoms with Crippen molar-refractivity contribution in [1.82, 2.24) is 9.55 Å². The summed E-state index contributed by atoms with van der Waals surface area (Å²) in [5, 5.41) is 9.09. The van der Waals surface area contributed by atoms with Crippen LogP contribution in [0, 0.1) is 5.92 Å². The Balaban J connectivity index is 2.08. The summed E-state index contributed by atoms with van der Waals surface area (Å²) in [6, 6.07) is 5.25. The van der Waals surface area contributed by atoms with Crippen molar-refractivity contribution in [3.8, 4) is 0 Å². The second kappa shape index (κ2) is 4.93. The lowest BCUT2D eigenvalue weighted by Gasteiger charge is -2.27. The van der Waals surface area contributed by atoms with E-state index in [2.05, 4.69) is 23.4 Å². The molecule has 0 saturated heterocycles. The van der Waals surface area contributed by atoms with Gasteiger partial charge in [0.25, 0.3) is 0 Å². The molecule has 20 heavy (non-hydrogen) atoms. The van der Waals surface area contributed by atoms with Crippen molar-refractivity contribution < 1.29 is 9.90 Å². The third-order valence-electron chi connectivity index (χ3n) is 4.21. The van der Waals surface area contributed by atoms with E-state index in [-0.39, 0.29) is 0 Å². The third kappa shape index (κ3) is 2.19. The van der Waals surface area contributed by atoms with Gasteiger partial charge in [0.2, 0.25) is 0 Å². The Kier molecular flexibility index (Phi) is 3.24. The largest absolute Gasteiger partial charge is 0.478 e. The first-order valence-electron chi connectivity index (χ1n) is 7.29. The number of benzene rings is 1. The molecule has 1 N–H and O–H groups in total. The first kappa shape index (κ1) is 13.2. The molecule has 1 aromatic carbocycles. The van der Waals surface area contributed by atoms with Crippen LogP contribution in [0.2, 0.25) is 0 Å². The van der Waals surface area contributed by atoms with Gasteiger partial charge in [-0.25, -0.2) is 9.78 Å². The van der Waals surface area contributed by atoms with Crippen LogP contribution in [0.5, 0.6) is 0 Å². The molecule has 0 bridgehead atoms. The van der Waals surface area contributed by atoms with Crippen LogP contribution in [0.4, 0.5) is 0 Å². The SMILES string of the molecule is CC(C)c1nc2cc(C(=O)O)ccc2n1CC1CCC1. The Hall–Kier alpha value is -1.84. The van der Waals surface area contributed by atoms with Gasteiger partial charge in [-0.3, -0.25) is 0 Å². The lowest BCUT2D eigenvalue weighted by molar-refractivity contribution is 0.0697.